The van der Waals surface area contributed by atoms with E-state index in [0.29, 0.717) is 44.8 Å². The summed E-state index contributed by atoms with van der Waals surface area (Å²) in [6.07, 6.45) is 5.20. The Labute approximate surface area is 154 Å². The number of ether oxygens (including phenoxy) is 1. The summed E-state index contributed by atoms with van der Waals surface area (Å²) in [5.74, 6) is 0.574. The van der Waals surface area contributed by atoms with Crippen LogP contribution in [0.5, 0.6) is 5.75 Å². The van der Waals surface area contributed by atoms with Gasteiger partial charge in [-0.1, -0.05) is 12.8 Å². The van der Waals surface area contributed by atoms with Crippen LogP contribution in [0.25, 0.3) is 0 Å². The van der Waals surface area contributed by atoms with Gasteiger partial charge in [0.15, 0.2) is 0 Å². The van der Waals surface area contributed by atoms with E-state index in [4.69, 9.17) is 4.74 Å². The minimum absolute atomic E-state index is 0.0238. The zero-order valence-corrected chi connectivity index (χ0v) is 15.6. The number of nitro benzene ring substituents is 1. The van der Waals surface area contributed by atoms with Gasteiger partial charge in [-0.05, 0) is 37.8 Å². The first kappa shape index (κ1) is 19.1. The lowest BCUT2D eigenvalue weighted by molar-refractivity contribution is -0.384. The minimum atomic E-state index is -3.38. The fourth-order valence-corrected chi connectivity index (χ4v) is 5.17. The number of hydrogen-bond acceptors (Lipinski definition) is 5. The topological polar surface area (TPSA) is 93.0 Å². The van der Waals surface area contributed by atoms with Gasteiger partial charge < -0.3 is 4.74 Å². The minimum Gasteiger partial charge on any atom is -0.490 e. The van der Waals surface area contributed by atoms with Crippen LogP contribution < -0.4 is 4.74 Å². The van der Waals surface area contributed by atoms with E-state index in [9.17, 15) is 18.5 Å². The van der Waals surface area contributed by atoms with Crippen molar-refractivity contribution < 1.29 is 18.1 Å². The average Bonchev–Trinajstić information content (AvgIpc) is 2.93. The molecule has 1 aromatic rings. The quantitative estimate of drug-likeness (QED) is 0.575. The Bertz CT molecular complexity index is 706. The summed E-state index contributed by atoms with van der Waals surface area (Å²) in [7, 11) is -3.38. The van der Waals surface area contributed by atoms with E-state index in [-0.39, 0.29) is 11.8 Å². The molecule has 0 aromatic heterocycles. The Kier molecular flexibility index (Phi) is 6.10. The Morgan fingerprint density at radius 3 is 2.00 bits per heavy atom. The maximum atomic E-state index is 12.8. The van der Waals surface area contributed by atoms with E-state index in [1.807, 2.05) is 0 Å². The molecule has 2 aliphatic heterocycles. The van der Waals surface area contributed by atoms with Crippen LogP contribution in [-0.4, -0.2) is 54.2 Å². The lowest BCUT2D eigenvalue weighted by Gasteiger charge is -2.34. The van der Waals surface area contributed by atoms with E-state index in [2.05, 4.69) is 0 Å². The second-order valence-electron chi connectivity index (χ2n) is 6.79. The molecule has 0 aliphatic carbocycles. The molecule has 0 radical (unpaired) electrons. The summed E-state index contributed by atoms with van der Waals surface area (Å²) in [6, 6.07) is 5.99. The summed E-state index contributed by atoms with van der Waals surface area (Å²) in [5, 5.41) is 10.7. The molecule has 0 amide bonds. The number of benzene rings is 1. The fraction of sp³-hybridized carbons (Fsp3) is 0.647. The molecule has 3 rings (SSSR count). The standard InChI is InChI=1S/C17H25N3O5S/c21-20(22)15-5-7-16(8-6-15)25-17-9-13-19(14-10-17)26(23,24)18-11-3-1-2-4-12-18/h5-8,17H,1-4,9-14H2. The molecule has 0 bridgehead atoms. The average molecular weight is 383 g/mol. The highest BCUT2D eigenvalue weighted by molar-refractivity contribution is 7.86. The van der Waals surface area contributed by atoms with Gasteiger partial charge in [0.25, 0.3) is 15.9 Å². The van der Waals surface area contributed by atoms with Gasteiger partial charge in [-0.3, -0.25) is 10.1 Å². The van der Waals surface area contributed by atoms with Gasteiger partial charge in [-0.2, -0.15) is 17.0 Å². The van der Waals surface area contributed by atoms with E-state index < -0.39 is 15.1 Å². The van der Waals surface area contributed by atoms with Crippen molar-refractivity contribution in [1.29, 1.82) is 0 Å². The zero-order valence-electron chi connectivity index (χ0n) is 14.7. The predicted octanol–water partition coefficient (Wildman–Crippen LogP) is 2.56. The normalized spacial score (nSPS) is 21.2. The van der Waals surface area contributed by atoms with Crippen molar-refractivity contribution in [1.82, 2.24) is 8.61 Å². The lowest BCUT2D eigenvalue weighted by atomic mass is 10.1. The summed E-state index contributed by atoms with van der Waals surface area (Å²) >= 11 is 0. The first-order valence-electron chi connectivity index (χ1n) is 9.13. The van der Waals surface area contributed by atoms with Crippen molar-refractivity contribution in [2.45, 2.75) is 44.6 Å². The molecule has 0 N–H and O–H groups in total. The molecule has 0 atom stereocenters. The first-order valence-corrected chi connectivity index (χ1v) is 10.5. The van der Waals surface area contributed by atoms with Crippen molar-refractivity contribution in [2.75, 3.05) is 26.2 Å². The molecular formula is C17H25N3O5S. The fourth-order valence-electron chi connectivity index (χ4n) is 3.46. The Balaban J connectivity index is 1.54. The van der Waals surface area contributed by atoms with Gasteiger partial charge in [-0.25, -0.2) is 0 Å². The maximum absolute atomic E-state index is 12.8. The molecule has 0 saturated carbocycles. The molecule has 2 saturated heterocycles. The van der Waals surface area contributed by atoms with E-state index in [0.717, 1.165) is 25.7 Å². The van der Waals surface area contributed by atoms with Crippen molar-refractivity contribution in [2.24, 2.45) is 0 Å². The number of piperidine rings is 1. The molecule has 2 fully saturated rings. The number of rotatable bonds is 5. The Hall–Kier alpha value is -1.71. The predicted molar refractivity (Wildman–Crippen MR) is 97.3 cm³/mol. The third kappa shape index (κ3) is 4.52. The number of hydrogen-bond donors (Lipinski definition) is 0. The molecule has 2 aliphatic rings. The first-order chi connectivity index (χ1) is 12.5. The summed E-state index contributed by atoms with van der Waals surface area (Å²) in [5.41, 5.74) is 0.0238. The number of non-ortho nitro benzene ring substituents is 1. The number of nitro groups is 1. The van der Waals surface area contributed by atoms with Gasteiger partial charge in [0.05, 0.1) is 4.92 Å². The number of nitrogens with zero attached hydrogens (tertiary/aromatic N) is 3. The molecule has 9 heteroatoms. The van der Waals surface area contributed by atoms with Crippen LogP contribution in [0.2, 0.25) is 0 Å². The van der Waals surface area contributed by atoms with E-state index in [1.165, 1.54) is 12.1 Å². The molecule has 0 spiro atoms. The highest BCUT2D eigenvalue weighted by Gasteiger charge is 2.33. The molecule has 8 nitrogen and oxygen atoms in total. The molecule has 26 heavy (non-hydrogen) atoms. The van der Waals surface area contributed by atoms with Crippen molar-refractivity contribution in [3.05, 3.63) is 34.4 Å². The van der Waals surface area contributed by atoms with Crippen LogP contribution in [0.1, 0.15) is 38.5 Å². The van der Waals surface area contributed by atoms with Gasteiger partial charge in [-0.15, -0.1) is 0 Å². The van der Waals surface area contributed by atoms with Crippen LogP contribution in [0.4, 0.5) is 5.69 Å². The van der Waals surface area contributed by atoms with Gasteiger partial charge in [0.2, 0.25) is 0 Å². The summed E-state index contributed by atoms with van der Waals surface area (Å²) in [4.78, 5) is 10.2. The zero-order chi connectivity index (χ0) is 18.6. The smallest absolute Gasteiger partial charge is 0.281 e. The van der Waals surface area contributed by atoms with Crippen LogP contribution in [0, 0.1) is 10.1 Å². The summed E-state index contributed by atoms with van der Waals surface area (Å²) in [6.45, 7) is 2.11. The third-order valence-electron chi connectivity index (χ3n) is 4.97. The molecular weight excluding hydrogens is 358 g/mol. The van der Waals surface area contributed by atoms with Crippen molar-refractivity contribution in [3.8, 4) is 5.75 Å². The second kappa shape index (κ2) is 8.32. The molecule has 1 aromatic carbocycles. The molecule has 2 heterocycles. The summed E-state index contributed by atoms with van der Waals surface area (Å²) < 4.78 is 34.7. The maximum Gasteiger partial charge on any atom is 0.281 e. The largest absolute Gasteiger partial charge is 0.490 e. The third-order valence-corrected chi connectivity index (χ3v) is 7.00. The van der Waals surface area contributed by atoms with Crippen LogP contribution >= 0.6 is 0 Å². The van der Waals surface area contributed by atoms with Gasteiger partial charge in [0, 0.05) is 38.3 Å². The van der Waals surface area contributed by atoms with Crippen LogP contribution in [-0.2, 0) is 10.2 Å². The highest BCUT2D eigenvalue weighted by atomic mass is 32.2. The van der Waals surface area contributed by atoms with Gasteiger partial charge >= 0.3 is 0 Å². The monoisotopic (exact) mass is 383 g/mol. The van der Waals surface area contributed by atoms with Crippen LogP contribution in [0.15, 0.2) is 24.3 Å². The Morgan fingerprint density at radius 1 is 0.923 bits per heavy atom. The van der Waals surface area contributed by atoms with Crippen LogP contribution in [0.3, 0.4) is 0 Å². The SMILES string of the molecule is O=[N+]([O-])c1ccc(OC2CCN(S(=O)(=O)N3CCCCCC3)CC2)cc1. The van der Waals surface area contributed by atoms with Crippen molar-refractivity contribution in [3.63, 3.8) is 0 Å². The Morgan fingerprint density at radius 2 is 1.46 bits per heavy atom. The molecule has 0 unspecified atom stereocenters. The van der Waals surface area contributed by atoms with Gasteiger partial charge in [0.1, 0.15) is 11.9 Å². The van der Waals surface area contributed by atoms with E-state index >= 15 is 0 Å². The molecule has 144 valence electrons. The van der Waals surface area contributed by atoms with E-state index in [1.54, 1.807) is 20.7 Å². The van der Waals surface area contributed by atoms with Crippen molar-refractivity contribution >= 4 is 15.9 Å². The highest BCUT2D eigenvalue weighted by Crippen LogP contribution is 2.24. The second-order valence-corrected chi connectivity index (χ2v) is 8.72. The lowest BCUT2D eigenvalue weighted by Crippen LogP contribution is -2.48.